The number of nitrogens with two attached hydrogens (primary N) is 1. The maximum absolute atomic E-state index is 13.9. The molecular weight excluding hydrogens is 247 g/mol. The molecular formula is C14H19FN2O2. The van der Waals surface area contributed by atoms with Crippen LogP contribution >= 0.6 is 0 Å². The van der Waals surface area contributed by atoms with E-state index < -0.39 is 0 Å². The Morgan fingerprint density at radius 3 is 2.84 bits per heavy atom. The third kappa shape index (κ3) is 2.28. The molecule has 1 saturated carbocycles. The maximum Gasteiger partial charge on any atom is 0.166 e. The summed E-state index contributed by atoms with van der Waals surface area (Å²) in [6, 6.07) is 3.24. The van der Waals surface area contributed by atoms with Crippen LogP contribution in [0.25, 0.3) is 0 Å². The lowest BCUT2D eigenvalue weighted by Crippen LogP contribution is -2.56. The summed E-state index contributed by atoms with van der Waals surface area (Å²) >= 11 is 0. The molecule has 1 fully saturated rings. The number of halogens is 1. The molecule has 2 aliphatic rings. The number of fused-ring (bicyclic) bond motifs is 1. The number of hydrogen-bond acceptors (Lipinski definition) is 4. The highest BCUT2D eigenvalue weighted by atomic mass is 19.1. The summed E-state index contributed by atoms with van der Waals surface area (Å²) < 4.78 is 24.8. The van der Waals surface area contributed by atoms with Gasteiger partial charge in [-0.1, -0.05) is 6.42 Å². The molecule has 1 aliphatic carbocycles. The van der Waals surface area contributed by atoms with Gasteiger partial charge in [0.1, 0.15) is 5.75 Å². The number of benzene rings is 1. The second kappa shape index (κ2) is 4.98. The first-order chi connectivity index (χ1) is 9.19. The van der Waals surface area contributed by atoms with Crippen LogP contribution in [-0.4, -0.2) is 25.4 Å². The third-order valence-electron chi connectivity index (χ3n) is 3.97. The molecule has 5 heteroatoms. The molecule has 0 saturated heterocycles. The minimum atomic E-state index is -0.358. The van der Waals surface area contributed by atoms with E-state index >= 15 is 0 Å². The van der Waals surface area contributed by atoms with Crippen molar-refractivity contribution in [3.63, 3.8) is 0 Å². The van der Waals surface area contributed by atoms with Crippen LogP contribution in [0.15, 0.2) is 12.1 Å². The van der Waals surface area contributed by atoms with Crippen LogP contribution in [0.4, 0.5) is 4.39 Å². The van der Waals surface area contributed by atoms with E-state index in [4.69, 9.17) is 15.2 Å². The molecule has 3 N–H and O–H groups in total. The van der Waals surface area contributed by atoms with E-state index in [0.717, 1.165) is 18.4 Å². The van der Waals surface area contributed by atoms with Crippen LogP contribution < -0.4 is 20.5 Å². The Balaban J connectivity index is 1.84. The van der Waals surface area contributed by atoms with Gasteiger partial charge < -0.3 is 15.2 Å². The summed E-state index contributed by atoms with van der Waals surface area (Å²) in [6.45, 7) is 0. The normalized spacial score (nSPS) is 26.3. The van der Waals surface area contributed by atoms with E-state index in [2.05, 4.69) is 5.32 Å². The first-order valence-electron chi connectivity index (χ1n) is 6.72. The molecule has 1 unspecified atom stereocenters. The van der Waals surface area contributed by atoms with Crippen molar-refractivity contribution in [1.82, 2.24) is 5.32 Å². The minimum absolute atomic E-state index is 0.191. The lowest BCUT2D eigenvalue weighted by Gasteiger charge is -2.37. The van der Waals surface area contributed by atoms with Gasteiger partial charge in [-0.05, 0) is 31.4 Å². The summed E-state index contributed by atoms with van der Waals surface area (Å²) in [4.78, 5) is 0. The van der Waals surface area contributed by atoms with Crippen LogP contribution in [0.2, 0.25) is 0 Å². The van der Waals surface area contributed by atoms with E-state index in [1.54, 1.807) is 13.2 Å². The zero-order valence-electron chi connectivity index (χ0n) is 11.0. The monoisotopic (exact) mass is 266 g/mol. The Hall–Kier alpha value is -1.33. The van der Waals surface area contributed by atoms with E-state index in [1.807, 2.05) is 0 Å². The Bertz CT molecular complexity index is 477. The van der Waals surface area contributed by atoms with Gasteiger partial charge in [-0.2, -0.15) is 0 Å². The first kappa shape index (κ1) is 12.7. The van der Waals surface area contributed by atoms with Gasteiger partial charge in [0.25, 0.3) is 0 Å². The Labute approximate surface area is 112 Å². The number of nitrogens with one attached hydrogen (secondary N) is 1. The van der Waals surface area contributed by atoms with Crippen molar-refractivity contribution in [2.45, 2.75) is 44.0 Å². The van der Waals surface area contributed by atoms with E-state index in [9.17, 15) is 4.39 Å². The number of ether oxygens (including phenoxy) is 2. The van der Waals surface area contributed by atoms with Crippen LogP contribution in [0.1, 0.15) is 24.8 Å². The fraction of sp³-hybridized carbons (Fsp3) is 0.571. The number of rotatable bonds is 3. The maximum atomic E-state index is 13.9. The molecule has 1 aliphatic heterocycles. The van der Waals surface area contributed by atoms with Crippen LogP contribution in [0.3, 0.4) is 0 Å². The SMILES string of the molecule is COc1ccc(F)c2c1CC(N)[C@H](NC1CCC1)O2. The van der Waals surface area contributed by atoms with Crippen molar-refractivity contribution in [1.29, 1.82) is 0 Å². The Morgan fingerprint density at radius 2 is 2.21 bits per heavy atom. The standard InChI is InChI=1S/C14H19FN2O2/c1-18-12-6-5-10(15)13-9(12)7-11(16)14(19-13)17-8-3-2-4-8/h5-6,8,11,14,17H,2-4,7,16H2,1H3/t11?,14-/m1/s1. The van der Waals surface area contributed by atoms with Crippen LogP contribution in [0, 0.1) is 5.82 Å². The van der Waals surface area contributed by atoms with Crippen LogP contribution in [0.5, 0.6) is 11.5 Å². The zero-order chi connectivity index (χ0) is 13.4. The highest BCUT2D eigenvalue weighted by molar-refractivity contribution is 5.47. The van der Waals surface area contributed by atoms with Gasteiger partial charge in [0.2, 0.25) is 0 Å². The van der Waals surface area contributed by atoms with Crippen molar-refractivity contribution in [2.24, 2.45) is 5.73 Å². The molecule has 0 aromatic heterocycles. The molecule has 1 aromatic carbocycles. The largest absolute Gasteiger partial charge is 0.496 e. The quantitative estimate of drug-likeness (QED) is 0.872. The van der Waals surface area contributed by atoms with Crippen molar-refractivity contribution in [3.8, 4) is 11.5 Å². The van der Waals surface area contributed by atoms with Crippen LogP contribution in [-0.2, 0) is 6.42 Å². The second-order valence-corrected chi connectivity index (χ2v) is 5.26. The van der Waals surface area contributed by atoms with Crippen molar-refractivity contribution < 1.29 is 13.9 Å². The summed E-state index contributed by atoms with van der Waals surface area (Å²) in [6.07, 6.45) is 3.75. The Morgan fingerprint density at radius 1 is 1.42 bits per heavy atom. The fourth-order valence-electron chi connectivity index (χ4n) is 2.62. The highest BCUT2D eigenvalue weighted by Gasteiger charge is 2.33. The van der Waals surface area contributed by atoms with E-state index in [1.165, 1.54) is 12.5 Å². The average Bonchev–Trinajstić information content (AvgIpc) is 2.35. The smallest absolute Gasteiger partial charge is 0.166 e. The molecule has 1 aromatic rings. The lowest BCUT2D eigenvalue weighted by atomic mass is 9.92. The first-order valence-corrected chi connectivity index (χ1v) is 6.72. The van der Waals surface area contributed by atoms with Gasteiger partial charge in [0, 0.05) is 11.6 Å². The van der Waals surface area contributed by atoms with E-state index in [0.29, 0.717) is 18.2 Å². The number of hydrogen-bond donors (Lipinski definition) is 2. The molecule has 0 spiro atoms. The minimum Gasteiger partial charge on any atom is -0.496 e. The lowest BCUT2D eigenvalue weighted by molar-refractivity contribution is 0.0833. The summed E-state index contributed by atoms with van der Waals surface area (Å²) in [5.74, 6) is 0.551. The summed E-state index contributed by atoms with van der Waals surface area (Å²) in [5, 5.41) is 3.36. The van der Waals surface area contributed by atoms with E-state index in [-0.39, 0.29) is 23.8 Å². The summed E-state index contributed by atoms with van der Waals surface area (Å²) in [7, 11) is 1.57. The second-order valence-electron chi connectivity index (χ2n) is 5.26. The van der Waals surface area contributed by atoms with Gasteiger partial charge in [-0.25, -0.2) is 4.39 Å². The molecule has 0 amide bonds. The molecule has 1 heterocycles. The highest BCUT2D eigenvalue weighted by Crippen LogP contribution is 2.36. The zero-order valence-corrected chi connectivity index (χ0v) is 11.0. The fourth-order valence-corrected chi connectivity index (χ4v) is 2.62. The average molecular weight is 266 g/mol. The molecule has 19 heavy (non-hydrogen) atoms. The van der Waals surface area contributed by atoms with Crippen molar-refractivity contribution in [3.05, 3.63) is 23.5 Å². The van der Waals surface area contributed by atoms with Gasteiger partial charge in [-0.15, -0.1) is 0 Å². The molecule has 4 nitrogen and oxygen atoms in total. The molecule has 2 atom stereocenters. The van der Waals surface area contributed by atoms with Crippen molar-refractivity contribution in [2.75, 3.05) is 7.11 Å². The number of methoxy groups -OCH3 is 1. The summed E-state index contributed by atoms with van der Waals surface area (Å²) in [5.41, 5.74) is 6.85. The van der Waals surface area contributed by atoms with Gasteiger partial charge >= 0.3 is 0 Å². The van der Waals surface area contributed by atoms with Gasteiger partial charge in [0.05, 0.1) is 13.2 Å². The predicted molar refractivity (Wildman–Crippen MR) is 69.8 cm³/mol. The molecule has 3 rings (SSSR count). The Kier molecular flexibility index (Phi) is 3.33. The third-order valence-corrected chi connectivity index (χ3v) is 3.97. The molecule has 104 valence electrons. The molecule has 0 radical (unpaired) electrons. The van der Waals surface area contributed by atoms with Gasteiger partial charge in [-0.3, -0.25) is 5.32 Å². The molecule has 0 bridgehead atoms. The topological polar surface area (TPSA) is 56.5 Å². The van der Waals surface area contributed by atoms with Crippen molar-refractivity contribution >= 4 is 0 Å². The van der Waals surface area contributed by atoms with Gasteiger partial charge in [0.15, 0.2) is 17.8 Å². The predicted octanol–water partition coefficient (Wildman–Crippen LogP) is 1.56.